The van der Waals surface area contributed by atoms with E-state index in [2.05, 4.69) is 10.5 Å². The van der Waals surface area contributed by atoms with E-state index < -0.39 is 6.03 Å². The molecular weight excluding hydrogens is 290 g/mol. The van der Waals surface area contributed by atoms with Gasteiger partial charge in [0.1, 0.15) is 12.4 Å². The number of carbonyl (C=O) groups is 1. The molecule has 6 heteroatoms. The maximum Gasteiger partial charge on any atom is 0.332 e. The SMILES string of the molecule is NC(=O)N/N=C/c1cccc(OCc2cccc(Cl)c2)c1. The topological polar surface area (TPSA) is 76.7 Å². The third-order valence-corrected chi connectivity index (χ3v) is 2.78. The maximum atomic E-state index is 10.5. The Kier molecular flexibility index (Phi) is 5.17. The number of halogens is 1. The molecule has 0 aliphatic rings. The summed E-state index contributed by atoms with van der Waals surface area (Å²) in [5.74, 6) is 0.693. The average molecular weight is 304 g/mol. The fourth-order valence-corrected chi connectivity index (χ4v) is 1.86. The van der Waals surface area contributed by atoms with Gasteiger partial charge in [-0.1, -0.05) is 35.9 Å². The third-order valence-electron chi connectivity index (χ3n) is 2.54. The van der Waals surface area contributed by atoms with Crippen LogP contribution in [0.15, 0.2) is 53.6 Å². The molecule has 0 fully saturated rings. The van der Waals surface area contributed by atoms with E-state index in [0.29, 0.717) is 17.4 Å². The van der Waals surface area contributed by atoms with Gasteiger partial charge in [-0.15, -0.1) is 0 Å². The first-order valence-corrected chi connectivity index (χ1v) is 6.57. The first-order chi connectivity index (χ1) is 10.1. The van der Waals surface area contributed by atoms with Crippen LogP contribution in [0.3, 0.4) is 0 Å². The highest BCUT2D eigenvalue weighted by molar-refractivity contribution is 6.30. The second-order valence-electron chi connectivity index (χ2n) is 4.23. The predicted octanol–water partition coefficient (Wildman–Crippen LogP) is 2.92. The van der Waals surface area contributed by atoms with Gasteiger partial charge >= 0.3 is 6.03 Å². The number of urea groups is 1. The summed E-state index contributed by atoms with van der Waals surface area (Å²) < 4.78 is 5.68. The summed E-state index contributed by atoms with van der Waals surface area (Å²) in [6.07, 6.45) is 1.48. The molecule has 0 saturated carbocycles. The van der Waals surface area contributed by atoms with Gasteiger partial charge in [0.25, 0.3) is 0 Å². The molecule has 0 atom stereocenters. The lowest BCUT2D eigenvalue weighted by Gasteiger charge is -2.07. The van der Waals surface area contributed by atoms with Crippen LogP contribution in [-0.4, -0.2) is 12.2 Å². The molecule has 0 radical (unpaired) electrons. The molecule has 3 N–H and O–H groups in total. The molecule has 21 heavy (non-hydrogen) atoms. The van der Waals surface area contributed by atoms with Crippen LogP contribution in [0.25, 0.3) is 0 Å². The first-order valence-electron chi connectivity index (χ1n) is 6.19. The lowest BCUT2D eigenvalue weighted by molar-refractivity contribution is 0.249. The lowest BCUT2D eigenvalue weighted by atomic mass is 10.2. The van der Waals surface area contributed by atoms with E-state index in [0.717, 1.165) is 11.1 Å². The van der Waals surface area contributed by atoms with Crippen molar-refractivity contribution in [2.45, 2.75) is 6.61 Å². The lowest BCUT2D eigenvalue weighted by Crippen LogP contribution is -2.24. The summed E-state index contributed by atoms with van der Waals surface area (Å²) in [7, 11) is 0. The summed E-state index contributed by atoms with van der Waals surface area (Å²) in [6.45, 7) is 0.417. The molecule has 2 aromatic rings. The molecule has 5 nitrogen and oxygen atoms in total. The number of hydrogen-bond acceptors (Lipinski definition) is 3. The number of nitrogens with two attached hydrogens (primary N) is 1. The molecule has 0 saturated heterocycles. The Morgan fingerprint density at radius 2 is 2.10 bits per heavy atom. The largest absolute Gasteiger partial charge is 0.489 e. The number of amides is 2. The Hall–Kier alpha value is -2.53. The fourth-order valence-electron chi connectivity index (χ4n) is 1.65. The second kappa shape index (κ2) is 7.31. The van der Waals surface area contributed by atoms with Gasteiger partial charge in [-0.3, -0.25) is 0 Å². The minimum absolute atomic E-state index is 0.417. The van der Waals surface area contributed by atoms with Crippen molar-refractivity contribution >= 4 is 23.8 Å². The predicted molar refractivity (Wildman–Crippen MR) is 82.5 cm³/mol. The van der Waals surface area contributed by atoms with E-state index in [-0.39, 0.29) is 0 Å². The standard InChI is InChI=1S/C15H14ClN3O2/c16-13-5-1-4-12(7-13)10-21-14-6-2-3-11(8-14)9-18-19-15(17)20/h1-9H,10H2,(H3,17,19,20)/b18-9+. The number of primary amides is 1. The van der Waals surface area contributed by atoms with Crippen molar-refractivity contribution in [2.75, 3.05) is 0 Å². The number of rotatable bonds is 5. The number of benzene rings is 2. The van der Waals surface area contributed by atoms with Crippen LogP contribution in [0.1, 0.15) is 11.1 Å². The average Bonchev–Trinajstić information content (AvgIpc) is 2.45. The Balaban J connectivity index is 1.97. The third kappa shape index (κ3) is 5.16. The summed E-state index contributed by atoms with van der Waals surface area (Å²) in [6, 6.07) is 14.1. The summed E-state index contributed by atoms with van der Waals surface area (Å²) in [5, 5.41) is 4.37. The zero-order valence-corrected chi connectivity index (χ0v) is 11.9. The van der Waals surface area contributed by atoms with Crippen LogP contribution in [0.5, 0.6) is 5.75 Å². The van der Waals surface area contributed by atoms with Crippen molar-refractivity contribution in [3.8, 4) is 5.75 Å². The number of carbonyl (C=O) groups excluding carboxylic acids is 1. The van der Waals surface area contributed by atoms with Gasteiger partial charge in [0.15, 0.2) is 0 Å². The van der Waals surface area contributed by atoms with Crippen LogP contribution in [-0.2, 0) is 6.61 Å². The zero-order chi connectivity index (χ0) is 15.1. The quantitative estimate of drug-likeness (QED) is 0.658. The molecule has 108 valence electrons. The van der Waals surface area contributed by atoms with E-state index in [1.807, 2.05) is 42.5 Å². The highest BCUT2D eigenvalue weighted by Crippen LogP contribution is 2.16. The Bertz CT molecular complexity index is 659. The molecule has 0 unspecified atom stereocenters. The number of hydrazone groups is 1. The first kappa shape index (κ1) is 14.9. The van der Waals surface area contributed by atoms with Crippen molar-refractivity contribution in [1.29, 1.82) is 0 Å². The van der Waals surface area contributed by atoms with Gasteiger partial charge in [-0.2, -0.15) is 5.10 Å². The van der Waals surface area contributed by atoms with E-state index >= 15 is 0 Å². The minimum Gasteiger partial charge on any atom is -0.489 e. The van der Waals surface area contributed by atoms with Gasteiger partial charge in [-0.05, 0) is 35.4 Å². The van der Waals surface area contributed by atoms with Crippen LogP contribution in [0.4, 0.5) is 4.79 Å². The van der Waals surface area contributed by atoms with E-state index in [9.17, 15) is 4.79 Å². The molecule has 2 amide bonds. The maximum absolute atomic E-state index is 10.5. The van der Waals surface area contributed by atoms with Gasteiger partial charge in [0.2, 0.25) is 0 Å². The summed E-state index contributed by atoms with van der Waals surface area (Å²) in [4.78, 5) is 10.5. The molecule has 2 rings (SSSR count). The Labute approximate surface area is 127 Å². The van der Waals surface area contributed by atoms with Crippen LogP contribution >= 0.6 is 11.6 Å². The fraction of sp³-hybridized carbons (Fsp3) is 0.0667. The van der Waals surface area contributed by atoms with E-state index in [4.69, 9.17) is 22.1 Å². The van der Waals surface area contributed by atoms with E-state index in [1.54, 1.807) is 6.07 Å². The van der Waals surface area contributed by atoms with Crippen molar-refractivity contribution in [2.24, 2.45) is 10.8 Å². The molecule has 0 aliphatic carbocycles. The number of nitrogens with zero attached hydrogens (tertiary/aromatic N) is 1. The molecule has 0 bridgehead atoms. The zero-order valence-electron chi connectivity index (χ0n) is 11.1. The smallest absolute Gasteiger partial charge is 0.332 e. The van der Waals surface area contributed by atoms with Crippen molar-refractivity contribution in [3.63, 3.8) is 0 Å². The molecule has 0 heterocycles. The number of ether oxygens (including phenoxy) is 1. The van der Waals surface area contributed by atoms with Gasteiger partial charge in [-0.25, -0.2) is 10.2 Å². The summed E-state index contributed by atoms with van der Waals surface area (Å²) in [5.41, 5.74) is 8.81. The van der Waals surface area contributed by atoms with Crippen LogP contribution < -0.4 is 15.9 Å². The Morgan fingerprint density at radius 3 is 2.86 bits per heavy atom. The second-order valence-corrected chi connectivity index (χ2v) is 4.66. The number of nitrogens with one attached hydrogen (secondary N) is 1. The Morgan fingerprint density at radius 1 is 1.29 bits per heavy atom. The van der Waals surface area contributed by atoms with E-state index in [1.165, 1.54) is 6.21 Å². The van der Waals surface area contributed by atoms with Crippen LogP contribution in [0, 0.1) is 0 Å². The van der Waals surface area contributed by atoms with Crippen molar-refractivity contribution < 1.29 is 9.53 Å². The molecular formula is C15H14ClN3O2. The molecule has 0 aromatic heterocycles. The molecule has 2 aromatic carbocycles. The van der Waals surface area contributed by atoms with Crippen molar-refractivity contribution in [1.82, 2.24) is 5.43 Å². The highest BCUT2D eigenvalue weighted by Gasteiger charge is 1.98. The number of hydrogen-bond donors (Lipinski definition) is 2. The van der Waals surface area contributed by atoms with Gasteiger partial charge in [0.05, 0.1) is 6.21 Å². The van der Waals surface area contributed by atoms with Gasteiger partial charge in [0, 0.05) is 5.02 Å². The van der Waals surface area contributed by atoms with Crippen LogP contribution in [0.2, 0.25) is 5.02 Å². The highest BCUT2D eigenvalue weighted by atomic mass is 35.5. The van der Waals surface area contributed by atoms with Crippen molar-refractivity contribution in [3.05, 3.63) is 64.7 Å². The summed E-state index contributed by atoms with van der Waals surface area (Å²) >= 11 is 5.92. The van der Waals surface area contributed by atoms with Gasteiger partial charge < -0.3 is 10.5 Å². The normalized spacial score (nSPS) is 10.5. The minimum atomic E-state index is -0.709. The monoisotopic (exact) mass is 303 g/mol. The molecule has 0 aliphatic heterocycles. The molecule has 0 spiro atoms.